The van der Waals surface area contributed by atoms with Gasteiger partial charge in [-0.1, -0.05) is 29.8 Å². The quantitative estimate of drug-likeness (QED) is 0.819. The standard InChI is InChI=1S/C18H15ClN2O2S/c1-11-14(19)4-3-5-15(11)20-18-21-17(22)16(24-18)10-12-6-8-13(23-2)9-7-12/h3-10H,1-2H3,(H,20,21,22)/b16-10-. The minimum atomic E-state index is -0.158. The molecule has 0 aliphatic carbocycles. The third-order valence-electron chi connectivity index (χ3n) is 3.53. The average molecular weight is 359 g/mol. The number of benzene rings is 2. The summed E-state index contributed by atoms with van der Waals surface area (Å²) >= 11 is 7.41. The van der Waals surface area contributed by atoms with Gasteiger partial charge in [-0.15, -0.1) is 0 Å². The van der Waals surface area contributed by atoms with Crippen molar-refractivity contribution >= 4 is 46.2 Å². The van der Waals surface area contributed by atoms with Gasteiger partial charge >= 0.3 is 0 Å². The van der Waals surface area contributed by atoms with Crippen LogP contribution in [0.2, 0.25) is 5.02 Å². The molecule has 1 aliphatic heterocycles. The van der Waals surface area contributed by atoms with Crippen molar-refractivity contribution in [1.82, 2.24) is 5.32 Å². The molecule has 0 bridgehead atoms. The second-order valence-electron chi connectivity index (χ2n) is 5.14. The highest BCUT2D eigenvalue weighted by Crippen LogP contribution is 2.31. The number of amides is 1. The molecule has 0 radical (unpaired) electrons. The molecule has 0 spiro atoms. The summed E-state index contributed by atoms with van der Waals surface area (Å²) in [5.74, 6) is 0.619. The molecule has 2 aromatic rings. The summed E-state index contributed by atoms with van der Waals surface area (Å²) in [5, 5.41) is 3.98. The minimum Gasteiger partial charge on any atom is -0.497 e. The molecule has 122 valence electrons. The summed E-state index contributed by atoms with van der Waals surface area (Å²) in [6.45, 7) is 1.90. The van der Waals surface area contributed by atoms with Crippen molar-refractivity contribution < 1.29 is 9.53 Å². The smallest absolute Gasteiger partial charge is 0.264 e. The van der Waals surface area contributed by atoms with Gasteiger partial charge in [0.2, 0.25) is 0 Å². The van der Waals surface area contributed by atoms with Crippen LogP contribution in [0.3, 0.4) is 0 Å². The fraction of sp³-hybridized carbons (Fsp3) is 0.111. The molecule has 0 atom stereocenters. The Balaban J connectivity index is 1.83. The number of carbonyl (C=O) groups excluding carboxylic acids is 1. The number of hydrogen-bond acceptors (Lipinski definition) is 4. The van der Waals surface area contributed by atoms with Crippen molar-refractivity contribution in [3.8, 4) is 5.75 Å². The molecule has 1 fully saturated rings. The summed E-state index contributed by atoms with van der Waals surface area (Å²) in [4.78, 5) is 17.2. The first kappa shape index (κ1) is 16.6. The lowest BCUT2D eigenvalue weighted by Crippen LogP contribution is -2.19. The van der Waals surface area contributed by atoms with Gasteiger partial charge in [-0.3, -0.25) is 4.79 Å². The Morgan fingerprint density at radius 1 is 1.21 bits per heavy atom. The zero-order valence-corrected chi connectivity index (χ0v) is 14.7. The number of rotatable bonds is 3. The lowest BCUT2D eigenvalue weighted by atomic mass is 10.2. The Morgan fingerprint density at radius 3 is 2.67 bits per heavy atom. The van der Waals surface area contributed by atoms with Crippen molar-refractivity contribution in [3.63, 3.8) is 0 Å². The lowest BCUT2D eigenvalue weighted by molar-refractivity contribution is -0.115. The predicted octanol–water partition coefficient (Wildman–Crippen LogP) is 4.55. The van der Waals surface area contributed by atoms with E-state index in [-0.39, 0.29) is 5.91 Å². The zero-order chi connectivity index (χ0) is 17.1. The summed E-state index contributed by atoms with van der Waals surface area (Å²) < 4.78 is 5.13. The first-order valence-electron chi connectivity index (χ1n) is 7.25. The number of aliphatic imine (C=N–C) groups is 1. The van der Waals surface area contributed by atoms with E-state index in [0.29, 0.717) is 15.1 Å². The van der Waals surface area contributed by atoms with Gasteiger partial charge < -0.3 is 10.1 Å². The van der Waals surface area contributed by atoms with Crippen LogP contribution in [0.5, 0.6) is 5.75 Å². The number of amidine groups is 1. The highest BCUT2D eigenvalue weighted by Gasteiger charge is 2.24. The molecule has 1 aliphatic rings. The number of ether oxygens (including phenoxy) is 1. The molecule has 4 nitrogen and oxygen atoms in total. The Labute approximate surface area is 149 Å². The Kier molecular flexibility index (Phi) is 4.92. The molecule has 0 unspecified atom stereocenters. The van der Waals surface area contributed by atoms with Crippen LogP contribution in [0, 0.1) is 6.92 Å². The van der Waals surface area contributed by atoms with Gasteiger partial charge in [-0.25, -0.2) is 4.99 Å². The van der Waals surface area contributed by atoms with Crippen LogP contribution in [-0.4, -0.2) is 18.2 Å². The maximum Gasteiger partial charge on any atom is 0.264 e. The number of nitrogens with one attached hydrogen (secondary N) is 1. The topological polar surface area (TPSA) is 50.7 Å². The van der Waals surface area contributed by atoms with E-state index in [1.54, 1.807) is 7.11 Å². The number of nitrogens with zero attached hydrogens (tertiary/aromatic N) is 1. The molecule has 1 heterocycles. The minimum absolute atomic E-state index is 0.158. The molecule has 6 heteroatoms. The van der Waals surface area contributed by atoms with Crippen LogP contribution in [-0.2, 0) is 4.79 Å². The van der Waals surface area contributed by atoms with Gasteiger partial charge in [0.05, 0.1) is 17.7 Å². The van der Waals surface area contributed by atoms with Gasteiger partial charge in [-0.05, 0) is 60.2 Å². The second-order valence-corrected chi connectivity index (χ2v) is 6.58. The monoisotopic (exact) mass is 358 g/mol. The second kappa shape index (κ2) is 7.11. The average Bonchev–Trinajstić information content (AvgIpc) is 2.92. The Bertz CT molecular complexity index is 845. The summed E-state index contributed by atoms with van der Waals surface area (Å²) in [6, 6.07) is 13.0. The maximum absolute atomic E-state index is 12.1. The molecule has 3 rings (SSSR count). The summed E-state index contributed by atoms with van der Waals surface area (Å²) in [7, 11) is 1.62. The van der Waals surface area contributed by atoms with Crippen LogP contribution < -0.4 is 10.1 Å². The van der Waals surface area contributed by atoms with E-state index in [0.717, 1.165) is 22.6 Å². The normalized spacial score (nSPS) is 17.4. The van der Waals surface area contributed by atoms with E-state index in [1.807, 2.05) is 55.5 Å². The van der Waals surface area contributed by atoms with E-state index in [2.05, 4.69) is 10.3 Å². The van der Waals surface area contributed by atoms with Gasteiger partial charge in [0.15, 0.2) is 5.17 Å². The van der Waals surface area contributed by atoms with E-state index in [4.69, 9.17) is 16.3 Å². The Morgan fingerprint density at radius 2 is 1.96 bits per heavy atom. The molecule has 0 saturated carbocycles. The first-order valence-corrected chi connectivity index (χ1v) is 8.45. The molecular weight excluding hydrogens is 344 g/mol. The van der Waals surface area contributed by atoms with Crippen molar-refractivity contribution in [2.75, 3.05) is 7.11 Å². The molecule has 2 aromatic carbocycles. The van der Waals surface area contributed by atoms with Crippen molar-refractivity contribution in [2.45, 2.75) is 6.92 Å². The summed E-state index contributed by atoms with van der Waals surface area (Å²) in [5.41, 5.74) is 2.55. The molecule has 1 N–H and O–H groups in total. The van der Waals surface area contributed by atoms with Crippen molar-refractivity contribution in [1.29, 1.82) is 0 Å². The highest BCUT2D eigenvalue weighted by molar-refractivity contribution is 8.18. The van der Waals surface area contributed by atoms with Gasteiger partial charge in [0.1, 0.15) is 5.75 Å². The SMILES string of the molecule is COc1ccc(/C=C2\SC(=Nc3cccc(Cl)c3C)NC2=O)cc1. The van der Waals surface area contributed by atoms with Crippen LogP contribution in [0.25, 0.3) is 6.08 Å². The zero-order valence-electron chi connectivity index (χ0n) is 13.2. The van der Waals surface area contributed by atoms with Crippen LogP contribution in [0.15, 0.2) is 52.4 Å². The van der Waals surface area contributed by atoms with Gasteiger partial charge in [-0.2, -0.15) is 0 Å². The van der Waals surface area contributed by atoms with E-state index >= 15 is 0 Å². The van der Waals surface area contributed by atoms with E-state index in [9.17, 15) is 4.79 Å². The highest BCUT2D eigenvalue weighted by atomic mass is 35.5. The van der Waals surface area contributed by atoms with Gasteiger partial charge in [0, 0.05) is 5.02 Å². The van der Waals surface area contributed by atoms with Gasteiger partial charge in [0.25, 0.3) is 5.91 Å². The summed E-state index contributed by atoms with van der Waals surface area (Å²) in [6.07, 6.45) is 1.83. The molecule has 1 saturated heterocycles. The largest absolute Gasteiger partial charge is 0.497 e. The number of hydrogen-bond donors (Lipinski definition) is 1. The molecule has 24 heavy (non-hydrogen) atoms. The van der Waals surface area contributed by atoms with Crippen LogP contribution in [0.1, 0.15) is 11.1 Å². The van der Waals surface area contributed by atoms with Crippen molar-refractivity contribution in [3.05, 3.63) is 63.5 Å². The van der Waals surface area contributed by atoms with E-state index in [1.165, 1.54) is 11.8 Å². The first-order chi connectivity index (χ1) is 11.6. The lowest BCUT2D eigenvalue weighted by Gasteiger charge is -2.02. The number of carbonyl (C=O) groups is 1. The predicted molar refractivity (Wildman–Crippen MR) is 100.0 cm³/mol. The fourth-order valence-electron chi connectivity index (χ4n) is 2.16. The van der Waals surface area contributed by atoms with E-state index < -0.39 is 0 Å². The molecule has 0 aromatic heterocycles. The molecular formula is C18H15ClN2O2S. The third kappa shape index (κ3) is 3.63. The maximum atomic E-state index is 12.1. The number of halogens is 1. The Hall–Kier alpha value is -2.24. The number of thioether (sulfide) groups is 1. The van der Waals surface area contributed by atoms with Crippen LogP contribution >= 0.6 is 23.4 Å². The fourth-order valence-corrected chi connectivity index (χ4v) is 3.16. The molecule has 1 amide bonds. The third-order valence-corrected chi connectivity index (χ3v) is 4.84. The number of methoxy groups -OCH3 is 1. The van der Waals surface area contributed by atoms with Crippen LogP contribution in [0.4, 0.5) is 5.69 Å². The van der Waals surface area contributed by atoms with Crippen molar-refractivity contribution in [2.24, 2.45) is 4.99 Å².